The van der Waals surface area contributed by atoms with Crippen LogP contribution in [0.4, 0.5) is 0 Å². The Morgan fingerprint density at radius 1 is 1.33 bits per heavy atom. The van der Waals surface area contributed by atoms with Crippen LogP contribution in [0.2, 0.25) is 0 Å². The van der Waals surface area contributed by atoms with Crippen molar-refractivity contribution in [3.63, 3.8) is 0 Å². The molecule has 0 aliphatic heterocycles. The minimum atomic E-state index is 0.286. The van der Waals surface area contributed by atoms with Crippen LogP contribution >= 0.6 is 11.8 Å². The number of hydrogen-bond acceptors (Lipinski definition) is 4. The maximum Gasteiger partial charge on any atom is 0.191 e. The molecule has 0 spiro atoms. The van der Waals surface area contributed by atoms with Crippen molar-refractivity contribution in [2.24, 2.45) is 5.73 Å². The minimum absolute atomic E-state index is 0.286. The first kappa shape index (κ1) is 12.5. The van der Waals surface area contributed by atoms with Crippen LogP contribution in [-0.4, -0.2) is 26.6 Å². The molecular formula is C13H22N4S. The molecule has 2 saturated carbocycles. The summed E-state index contributed by atoms with van der Waals surface area (Å²) in [6, 6.07) is 0.967. The highest BCUT2D eigenvalue weighted by Gasteiger charge is 2.36. The molecule has 1 atom stereocenters. The fraction of sp³-hybridized carbons (Fsp3) is 0.846. The minimum Gasteiger partial charge on any atom is -0.327 e. The van der Waals surface area contributed by atoms with Crippen LogP contribution < -0.4 is 5.73 Å². The van der Waals surface area contributed by atoms with Crippen LogP contribution in [0.25, 0.3) is 0 Å². The Kier molecular flexibility index (Phi) is 3.61. The third-order valence-electron chi connectivity index (χ3n) is 3.63. The van der Waals surface area contributed by atoms with E-state index in [1.54, 1.807) is 11.8 Å². The zero-order valence-electron chi connectivity index (χ0n) is 11.0. The first-order chi connectivity index (χ1) is 8.79. The van der Waals surface area contributed by atoms with Gasteiger partial charge in [-0.15, -0.1) is 10.2 Å². The van der Waals surface area contributed by atoms with Gasteiger partial charge in [0.15, 0.2) is 5.16 Å². The first-order valence-corrected chi connectivity index (χ1v) is 8.11. The van der Waals surface area contributed by atoms with Crippen LogP contribution in [0.15, 0.2) is 5.16 Å². The van der Waals surface area contributed by atoms with Gasteiger partial charge in [-0.1, -0.05) is 25.1 Å². The second-order valence-corrected chi connectivity index (χ2v) is 6.56. The molecule has 2 aliphatic rings. The summed E-state index contributed by atoms with van der Waals surface area (Å²) in [5.41, 5.74) is 6.07. The summed E-state index contributed by atoms with van der Waals surface area (Å²) in [5.74, 6) is 2.89. The maximum atomic E-state index is 6.07. The Labute approximate surface area is 113 Å². The van der Waals surface area contributed by atoms with Gasteiger partial charge in [-0.05, 0) is 32.1 Å². The van der Waals surface area contributed by atoms with Crippen LogP contribution in [0, 0.1) is 0 Å². The zero-order chi connectivity index (χ0) is 12.5. The topological polar surface area (TPSA) is 56.7 Å². The molecule has 0 saturated heterocycles. The highest BCUT2D eigenvalue weighted by molar-refractivity contribution is 7.99. The summed E-state index contributed by atoms with van der Waals surface area (Å²) in [6.45, 7) is 2.18. The molecule has 4 nitrogen and oxygen atoms in total. The van der Waals surface area contributed by atoms with E-state index in [1.165, 1.54) is 31.5 Å². The van der Waals surface area contributed by atoms with Gasteiger partial charge in [0.25, 0.3) is 0 Å². The average Bonchev–Trinajstić information content (AvgIpc) is 3.25. The van der Waals surface area contributed by atoms with Gasteiger partial charge in [0, 0.05) is 23.8 Å². The van der Waals surface area contributed by atoms with Crippen molar-refractivity contribution in [2.75, 3.05) is 5.75 Å². The zero-order valence-corrected chi connectivity index (χ0v) is 11.8. The largest absolute Gasteiger partial charge is 0.327 e. The van der Waals surface area contributed by atoms with Gasteiger partial charge in [0.1, 0.15) is 5.82 Å². The smallest absolute Gasteiger partial charge is 0.191 e. The van der Waals surface area contributed by atoms with E-state index in [-0.39, 0.29) is 6.04 Å². The van der Waals surface area contributed by atoms with Gasteiger partial charge in [0.05, 0.1) is 0 Å². The van der Waals surface area contributed by atoms with Crippen LogP contribution in [0.1, 0.15) is 63.2 Å². The van der Waals surface area contributed by atoms with Crippen molar-refractivity contribution in [2.45, 2.75) is 68.6 Å². The first-order valence-electron chi connectivity index (χ1n) is 7.12. The molecule has 2 aliphatic carbocycles. The Bertz CT molecular complexity index is 409. The lowest BCUT2D eigenvalue weighted by Crippen LogP contribution is -2.22. The molecule has 0 aromatic carbocycles. The van der Waals surface area contributed by atoms with Crippen LogP contribution in [0.5, 0.6) is 0 Å². The summed E-state index contributed by atoms with van der Waals surface area (Å²) in [7, 11) is 0. The lowest BCUT2D eigenvalue weighted by atomic mass is 10.2. The summed E-state index contributed by atoms with van der Waals surface area (Å²) in [6.07, 6.45) is 7.44. The molecule has 1 aromatic rings. The van der Waals surface area contributed by atoms with E-state index in [2.05, 4.69) is 21.7 Å². The summed E-state index contributed by atoms with van der Waals surface area (Å²) >= 11 is 1.79. The van der Waals surface area contributed by atoms with Crippen molar-refractivity contribution in [1.82, 2.24) is 14.8 Å². The molecule has 2 fully saturated rings. The average molecular weight is 266 g/mol. The maximum absolute atomic E-state index is 6.07. The van der Waals surface area contributed by atoms with Crippen LogP contribution in [-0.2, 0) is 0 Å². The Hall–Kier alpha value is -0.550. The second-order valence-electron chi connectivity index (χ2n) is 5.58. The van der Waals surface area contributed by atoms with Crippen molar-refractivity contribution in [3.8, 4) is 0 Å². The lowest BCUT2D eigenvalue weighted by molar-refractivity contribution is 0.622. The SMILES string of the molecule is CCCC(N)CSc1nnc(C2CC2)n1C1CC1. The third-order valence-corrected chi connectivity index (χ3v) is 4.76. The molecule has 5 heteroatoms. The van der Waals surface area contributed by atoms with Gasteiger partial charge < -0.3 is 10.3 Å². The number of nitrogens with two attached hydrogens (primary N) is 1. The molecule has 3 rings (SSSR count). The van der Waals surface area contributed by atoms with E-state index < -0.39 is 0 Å². The molecule has 1 heterocycles. The van der Waals surface area contributed by atoms with Crippen LogP contribution in [0.3, 0.4) is 0 Å². The molecular weight excluding hydrogens is 244 g/mol. The molecule has 0 bridgehead atoms. The predicted octanol–water partition coefficient (Wildman–Crippen LogP) is 2.71. The molecule has 0 amide bonds. The van der Waals surface area contributed by atoms with Gasteiger partial charge >= 0.3 is 0 Å². The van der Waals surface area contributed by atoms with E-state index in [0.717, 1.165) is 23.8 Å². The lowest BCUT2D eigenvalue weighted by Gasteiger charge is -2.11. The summed E-state index contributed by atoms with van der Waals surface area (Å²) < 4.78 is 2.40. The van der Waals surface area contributed by atoms with E-state index >= 15 is 0 Å². The van der Waals surface area contributed by atoms with Gasteiger partial charge in [-0.25, -0.2) is 0 Å². The third kappa shape index (κ3) is 2.72. The van der Waals surface area contributed by atoms with Gasteiger partial charge in [0.2, 0.25) is 0 Å². The number of rotatable bonds is 7. The molecule has 1 unspecified atom stereocenters. The van der Waals surface area contributed by atoms with Crippen molar-refractivity contribution in [1.29, 1.82) is 0 Å². The van der Waals surface area contributed by atoms with Crippen molar-refractivity contribution in [3.05, 3.63) is 5.82 Å². The predicted molar refractivity (Wildman–Crippen MR) is 73.9 cm³/mol. The highest BCUT2D eigenvalue weighted by atomic mass is 32.2. The van der Waals surface area contributed by atoms with Gasteiger partial charge in [-0.3, -0.25) is 0 Å². The van der Waals surface area contributed by atoms with E-state index in [9.17, 15) is 0 Å². The van der Waals surface area contributed by atoms with E-state index in [0.29, 0.717) is 12.0 Å². The molecule has 0 radical (unpaired) electrons. The molecule has 1 aromatic heterocycles. The quantitative estimate of drug-likeness (QED) is 0.771. The number of aromatic nitrogens is 3. The summed E-state index contributed by atoms with van der Waals surface area (Å²) in [5, 5.41) is 9.91. The molecule has 2 N–H and O–H groups in total. The fourth-order valence-corrected chi connectivity index (χ4v) is 3.33. The standard InChI is InChI=1S/C13H22N4S/c1-2-3-10(14)8-18-13-16-15-12(9-4-5-9)17(13)11-6-7-11/h9-11H,2-8,14H2,1H3. The Balaban J connectivity index is 1.67. The van der Waals surface area contributed by atoms with Gasteiger partial charge in [-0.2, -0.15) is 0 Å². The van der Waals surface area contributed by atoms with E-state index in [4.69, 9.17) is 5.73 Å². The van der Waals surface area contributed by atoms with E-state index in [1.807, 2.05) is 0 Å². The second kappa shape index (κ2) is 5.21. The number of thioether (sulfide) groups is 1. The highest BCUT2D eigenvalue weighted by Crippen LogP contribution is 2.45. The number of nitrogens with zero attached hydrogens (tertiary/aromatic N) is 3. The summed E-state index contributed by atoms with van der Waals surface area (Å²) in [4.78, 5) is 0. The van der Waals surface area contributed by atoms with Crippen molar-refractivity contribution >= 4 is 11.8 Å². The fourth-order valence-electron chi connectivity index (χ4n) is 2.32. The number of hydrogen-bond donors (Lipinski definition) is 1. The normalized spacial score (nSPS) is 21.2. The Morgan fingerprint density at radius 2 is 2.11 bits per heavy atom. The Morgan fingerprint density at radius 3 is 2.72 bits per heavy atom. The monoisotopic (exact) mass is 266 g/mol. The molecule has 100 valence electrons. The van der Waals surface area contributed by atoms with Crippen molar-refractivity contribution < 1.29 is 0 Å². The molecule has 18 heavy (non-hydrogen) atoms.